The molecule has 2 aliphatic rings. The molecule has 3 aromatic rings. The predicted octanol–water partition coefficient (Wildman–Crippen LogP) is 5.41. The van der Waals surface area contributed by atoms with Crippen molar-refractivity contribution in [1.82, 2.24) is 15.2 Å². The van der Waals surface area contributed by atoms with Crippen LogP contribution in [0.2, 0.25) is 0 Å². The number of amides is 1. The Morgan fingerprint density at radius 2 is 1.76 bits per heavy atom. The smallest absolute Gasteiger partial charge is 0.338 e. The van der Waals surface area contributed by atoms with Crippen molar-refractivity contribution in [2.45, 2.75) is 39.5 Å². The van der Waals surface area contributed by atoms with E-state index in [9.17, 15) is 9.59 Å². The van der Waals surface area contributed by atoms with Gasteiger partial charge < -0.3 is 15.0 Å². The average Bonchev–Trinajstić information content (AvgIpc) is 3.33. The van der Waals surface area contributed by atoms with Gasteiger partial charge in [-0.25, -0.2) is 9.79 Å². The summed E-state index contributed by atoms with van der Waals surface area (Å²) in [7, 11) is 0. The summed E-state index contributed by atoms with van der Waals surface area (Å²) in [5.41, 5.74) is 5.57. The Morgan fingerprint density at radius 1 is 1.00 bits per heavy atom. The van der Waals surface area contributed by atoms with Crippen LogP contribution in [0.25, 0.3) is 0 Å². The molecule has 0 saturated carbocycles. The van der Waals surface area contributed by atoms with Crippen molar-refractivity contribution in [3.8, 4) is 0 Å². The van der Waals surface area contributed by atoms with E-state index in [1.54, 1.807) is 6.20 Å². The number of fused-ring (bicyclic) bond motifs is 1. The quantitative estimate of drug-likeness (QED) is 0.397. The van der Waals surface area contributed by atoms with Gasteiger partial charge in [-0.2, -0.15) is 0 Å². The summed E-state index contributed by atoms with van der Waals surface area (Å²) in [5.74, 6) is -0.551. The molecule has 5 rings (SSSR count). The number of carbonyl (C=O) groups is 2. The number of aliphatic imine (C=N–C) groups is 1. The summed E-state index contributed by atoms with van der Waals surface area (Å²) in [6.45, 7) is 4.38. The molecule has 0 radical (unpaired) electrons. The normalized spacial score (nSPS) is 16.5. The van der Waals surface area contributed by atoms with Gasteiger partial charge in [0.05, 0.1) is 36.0 Å². The molecular weight excluding hydrogens is 496 g/mol. The molecule has 1 unspecified atom stereocenters. The van der Waals surface area contributed by atoms with E-state index in [0.29, 0.717) is 17.8 Å². The molecule has 0 bridgehead atoms. The molecule has 0 aliphatic carbocycles. The van der Waals surface area contributed by atoms with Crippen molar-refractivity contribution in [3.05, 3.63) is 124 Å². The van der Waals surface area contributed by atoms with Crippen molar-refractivity contribution < 1.29 is 14.3 Å². The Kier molecular flexibility index (Phi) is 7.70. The number of aromatic nitrogens is 1. The minimum atomic E-state index is -0.461. The number of rotatable bonds is 8. The molecule has 7 nitrogen and oxygen atoms in total. The predicted molar refractivity (Wildman–Crippen MR) is 149 cm³/mol. The summed E-state index contributed by atoms with van der Waals surface area (Å²) in [5, 5.41) is 5.63. The van der Waals surface area contributed by atoms with Crippen molar-refractivity contribution in [2.75, 3.05) is 0 Å². The fraction of sp³-hybridized carbons (Fsp3) is 0.200. The van der Waals surface area contributed by atoms with E-state index in [0.717, 1.165) is 33.2 Å². The molecule has 0 spiro atoms. The lowest BCUT2D eigenvalue weighted by Gasteiger charge is -2.37. The number of esters is 1. The summed E-state index contributed by atoms with van der Waals surface area (Å²) in [6.07, 6.45) is 1.85. The number of carbonyl (C=O) groups excluding carboxylic acids is 2. The fourth-order valence-corrected chi connectivity index (χ4v) is 5.50. The molecule has 1 atom stereocenters. The number of nitrogens with one attached hydrogen (secondary N) is 1. The van der Waals surface area contributed by atoms with Gasteiger partial charge in [-0.3, -0.25) is 9.78 Å². The van der Waals surface area contributed by atoms with Crippen LogP contribution in [0.5, 0.6) is 0 Å². The first-order valence-electron chi connectivity index (χ1n) is 12.4. The molecule has 0 saturated heterocycles. The van der Waals surface area contributed by atoms with E-state index in [1.165, 1.54) is 11.8 Å². The zero-order valence-corrected chi connectivity index (χ0v) is 22.1. The molecular formula is C30H28N4O3S. The molecule has 1 amide bonds. The lowest BCUT2D eigenvalue weighted by atomic mass is 9.91. The average molecular weight is 525 g/mol. The maximum atomic E-state index is 13.6. The van der Waals surface area contributed by atoms with Crippen LogP contribution < -0.4 is 5.32 Å². The van der Waals surface area contributed by atoms with E-state index in [-0.39, 0.29) is 18.9 Å². The molecule has 38 heavy (non-hydrogen) atoms. The third-order valence-electron chi connectivity index (χ3n) is 6.45. The molecule has 2 aromatic carbocycles. The topological polar surface area (TPSA) is 83.9 Å². The largest absolute Gasteiger partial charge is 0.457 e. The van der Waals surface area contributed by atoms with Crippen LogP contribution in [0.15, 0.2) is 106 Å². The zero-order chi connectivity index (χ0) is 26.5. The second kappa shape index (κ2) is 11.5. The Labute approximate surface area is 226 Å². The van der Waals surface area contributed by atoms with E-state index in [1.807, 2.05) is 97.0 Å². The Hall–Kier alpha value is -4.17. The first-order valence-corrected chi connectivity index (χ1v) is 13.3. The van der Waals surface area contributed by atoms with E-state index in [2.05, 4.69) is 10.3 Å². The Morgan fingerprint density at radius 3 is 2.53 bits per heavy atom. The van der Waals surface area contributed by atoms with E-state index < -0.39 is 12.0 Å². The second-order valence-electron chi connectivity index (χ2n) is 9.09. The number of ether oxygens (including phenoxy) is 1. The van der Waals surface area contributed by atoms with Crippen LogP contribution in [0.4, 0.5) is 0 Å². The monoisotopic (exact) mass is 524 g/mol. The van der Waals surface area contributed by atoms with Crippen LogP contribution in [0.1, 0.15) is 41.8 Å². The van der Waals surface area contributed by atoms with E-state index >= 15 is 0 Å². The van der Waals surface area contributed by atoms with Crippen LogP contribution in [-0.2, 0) is 27.5 Å². The molecule has 192 valence electrons. The lowest BCUT2D eigenvalue weighted by molar-refractivity contribution is -0.141. The number of hydrogen-bond acceptors (Lipinski definition) is 7. The maximum absolute atomic E-state index is 13.6. The third-order valence-corrected chi connectivity index (χ3v) is 7.34. The number of pyridine rings is 1. The van der Waals surface area contributed by atoms with Gasteiger partial charge in [-0.15, -0.1) is 0 Å². The second-order valence-corrected chi connectivity index (χ2v) is 9.92. The van der Waals surface area contributed by atoms with Crippen LogP contribution >= 0.6 is 11.8 Å². The minimum Gasteiger partial charge on any atom is -0.457 e. The van der Waals surface area contributed by atoms with Gasteiger partial charge in [0.2, 0.25) is 5.91 Å². The number of nitrogens with zero attached hydrogens (tertiary/aromatic N) is 3. The van der Waals surface area contributed by atoms with Crippen molar-refractivity contribution in [3.63, 3.8) is 0 Å². The number of allylic oxidation sites excluding steroid dienone is 1. The highest BCUT2D eigenvalue weighted by molar-refractivity contribution is 8.16. The van der Waals surface area contributed by atoms with Gasteiger partial charge in [0.25, 0.3) is 0 Å². The Bertz CT molecular complexity index is 1430. The lowest BCUT2D eigenvalue weighted by Crippen LogP contribution is -2.38. The number of hydrogen-bond donors (Lipinski definition) is 1. The summed E-state index contributed by atoms with van der Waals surface area (Å²) >= 11 is 1.46. The number of benzene rings is 2. The molecule has 8 heteroatoms. The first kappa shape index (κ1) is 25.5. The highest BCUT2D eigenvalue weighted by Gasteiger charge is 2.41. The van der Waals surface area contributed by atoms with E-state index in [4.69, 9.17) is 9.73 Å². The van der Waals surface area contributed by atoms with Gasteiger partial charge in [0.15, 0.2) is 5.17 Å². The number of amidine groups is 1. The highest BCUT2D eigenvalue weighted by atomic mass is 32.2. The molecule has 3 heterocycles. The maximum Gasteiger partial charge on any atom is 0.338 e. The van der Waals surface area contributed by atoms with Gasteiger partial charge in [0, 0.05) is 11.9 Å². The fourth-order valence-electron chi connectivity index (χ4n) is 4.54. The third kappa shape index (κ3) is 5.55. The minimum absolute atomic E-state index is 0.133. The number of thioether (sulfide) groups is 1. The summed E-state index contributed by atoms with van der Waals surface area (Å²) in [6, 6.07) is 22.7. The summed E-state index contributed by atoms with van der Waals surface area (Å²) in [4.78, 5) is 37.5. The Balaban J connectivity index is 1.41. The van der Waals surface area contributed by atoms with Crippen molar-refractivity contribution in [1.29, 1.82) is 0 Å². The highest BCUT2D eigenvalue weighted by Crippen LogP contribution is 2.45. The van der Waals surface area contributed by atoms with Crippen LogP contribution in [0.3, 0.4) is 0 Å². The molecule has 1 aromatic heterocycles. The zero-order valence-electron chi connectivity index (χ0n) is 21.3. The SMILES string of the molecule is CC1=C(C(=O)OCc2ccccc2)C(c2ccccc2C)N2C(CC(=O)NCc3ccccn3)=CSC2=N1. The summed E-state index contributed by atoms with van der Waals surface area (Å²) < 4.78 is 5.78. The first-order chi connectivity index (χ1) is 18.5. The van der Waals surface area contributed by atoms with Gasteiger partial charge in [-0.1, -0.05) is 72.4 Å². The molecule has 0 fully saturated rings. The van der Waals surface area contributed by atoms with Gasteiger partial charge in [-0.05, 0) is 48.1 Å². The molecule has 1 N–H and O–H groups in total. The van der Waals surface area contributed by atoms with Gasteiger partial charge in [0.1, 0.15) is 6.61 Å². The molecule has 2 aliphatic heterocycles. The van der Waals surface area contributed by atoms with Crippen LogP contribution in [-0.4, -0.2) is 26.9 Å². The standard InChI is InChI=1S/C30H28N4O3S/c1-20-10-6-7-14-25(20)28-27(29(36)37-18-22-11-4-3-5-12-22)21(2)33-30-34(28)24(19-38-30)16-26(35)32-17-23-13-8-9-15-31-23/h3-15,19,28H,16-18H2,1-2H3,(H,32,35). The van der Waals surface area contributed by atoms with Crippen molar-refractivity contribution in [2.24, 2.45) is 4.99 Å². The van der Waals surface area contributed by atoms with Crippen LogP contribution in [0, 0.1) is 6.92 Å². The number of aryl methyl sites for hydroxylation is 1. The van der Waals surface area contributed by atoms with Crippen molar-refractivity contribution >= 4 is 28.8 Å². The van der Waals surface area contributed by atoms with Gasteiger partial charge >= 0.3 is 5.97 Å².